The van der Waals surface area contributed by atoms with E-state index in [9.17, 15) is 4.39 Å². The molecule has 0 aliphatic carbocycles. The second-order valence-electron chi connectivity index (χ2n) is 7.99. The zero-order chi connectivity index (χ0) is 21.5. The van der Waals surface area contributed by atoms with E-state index < -0.39 is 0 Å². The monoisotopic (exact) mass is 445 g/mol. The Morgan fingerprint density at radius 1 is 1.16 bits per heavy atom. The van der Waals surface area contributed by atoms with Crippen LogP contribution in [0.5, 0.6) is 0 Å². The maximum atomic E-state index is 13.4. The number of nitrogens with one attached hydrogen (secondary N) is 2. The SMILES string of the molecule is CN=C(NCCN1CCc2sccc2C1)NCC(c1ccc(F)cc1)N1CCOCC1. The molecule has 1 unspecified atom stereocenters. The summed E-state index contributed by atoms with van der Waals surface area (Å²) in [5.41, 5.74) is 2.58. The molecular weight excluding hydrogens is 413 g/mol. The van der Waals surface area contributed by atoms with Crippen molar-refractivity contribution in [3.8, 4) is 0 Å². The number of guanidine groups is 1. The van der Waals surface area contributed by atoms with E-state index in [2.05, 4.69) is 36.9 Å². The predicted octanol–water partition coefficient (Wildman–Crippen LogP) is 2.48. The van der Waals surface area contributed by atoms with Gasteiger partial charge in [-0.2, -0.15) is 0 Å². The van der Waals surface area contributed by atoms with Gasteiger partial charge in [-0.15, -0.1) is 11.3 Å². The summed E-state index contributed by atoms with van der Waals surface area (Å²) in [5, 5.41) is 9.12. The van der Waals surface area contributed by atoms with Crippen LogP contribution in [0.3, 0.4) is 0 Å². The molecule has 1 atom stereocenters. The third kappa shape index (κ3) is 6.04. The predicted molar refractivity (Wildman–Crippen MR) is 124 cm³/mol. The van der Waals surface area contributed by atoms with Crippen LogP contribution in [-0.2, 0) is 17.7 Å². The molecular formula is C23H32FN5OS. The Bertz CT molecular complexity index is 850. The fourth-order valence-electron chi connectivity index (χ4n) is 4.28. The number of hydrogen-bond donors (Lipinski definition) is 2. The molecule has 8 heteroatoms. The van der Waals surface area contributed by atoms with Crippen LogP contribution in [0.1, 0.15) is 22.0 Å². The van der Waals surface area contributed by atoms with Gasteiger partial charge >= 0.3 is 0 Å². The first-order valence-electron chi connectivity index (χ1n) is 11.0. The smallest absolute Gasteiger partial charge is 0.191 e. The van der Waals surface area contributed by atoms with Gasteiger partial charge in [0.1, 0.15) is 5.82 Å². The zero-order valence-electron chi connectivity index (χ0n) is 18.1. The van der Waals surface area contributed by atoms with Crippen molar-refractivity contribution in [2.45, 2.75) is 19.0 Å². The Morgan fingerprint density at radius 3 is 2.74 bits per heavy atom. The maximum absolute atomic E-state index is 13.4. The normalized spacial score (nSPS) is 19.1. The van der Waals surface area contributed by atoms with Gasteiger partial charge in [-0.3, -0.25) is 14.8 Å². The molecule has 2 aliphatic heterocycles. The highest BCUT2D eigenvalue weighted by Crippen LogP contribution is 2.24. The first kappa shape index (κ1) is 22.2. The van der Waals surface area contributed by atoms with Crippen molar-refractivity contribution in [2.24, 2.45) is 4.99 Å². The summed E-state index contributed by atoms with van der Waals surface area (Å²) in [6.45, 7) is 7.89. The largest absolute Gasteiger partial charge is 0.379 e. The molecule has 1 aromatic heterocycles. The van der Waals surface area contributed by atoms with E-state index in [1.54, 1.807) is 7.05 Å². The van der Waals surface area contributed by atoms with Crippen LogP contribution in [0.2, 0.25) is 0 Å². The van der Waals surface area contributed by atoms with E-state index in [1.165, 1.54) is 22.6 Å². The molecule has 0 bridgehead atoms. The molecule has 0 spiro atoms. The molecule has 4 rings (SSSR count). The van der Waals surface area contributed by atoms with Gasteiger partial charge in [0, 0.05) is 57.7 Å². The molecule has 1 fully saturated rings. The van der Waals surface area contributed by atoms with Crippen LogP contribution in [-0.4, -0.2) is 75.3 Å². The third-order valence-electron chi connectivity index (χ3n) is 6.03. The Kier molecular flexibility index (Phi) is 7.91. The Morgan fingerprint density at radius 2 is 1.97 bits per heavy atom. The van der Waals surface area contributed by atoms with Crippen molar-refractivity contribution in [3.63, 3.8) is 0 Å². The lowest BCUT2D eigenvalue weighted by Gasteiger charge is -2.35. The molecule has 1 saturated heterocycles. The van der Waals surface area contributed by atoms with E-state index in [1.807, 2.05) is 23.5 Å². The van der Waals surface area contributed by atoms with Crippen molar-refractivity contribution in [1.29, 1.82) is 0 Å². The quantitative estimate of drug-likeness (QED) is 0.507. The Balaban J connectivity index is 1.28. The van der Waals surface area contributed by atoms with Crippen molar-refractivity contribution in [1.82, 2.24) is 20.4 Å². The summed E-state index contributed by atoms with van der Waals surface area (Å²) in [7, 11) is 1.80. The summed E-state index contributed by atoms with van der Waals surface area (Å²) < 4.78 is 19.0. The van der Waals surface area contributed by atoms with Gasteiger partial charge < -0.3 is 15.4 Å². The summed E-state index contributed by atoms with van der Waals surface area (Å²) in [5.74, 6) is 0.593. The third-order valence-corrected chi connectivity index (χ3v) is 7.06. The van der Waals surface area contributed by atoms with Gasteiger partial charge in [-0.1, -0.05) is 12.1 Å². The average Bonchev–Trinajstić information content (AvgIpc) is 3.28. The number of thiophene rings is 1. The number of benzene rings is 1. The zero-order valence-corrected chi connectivity index (χ0v) is 19.0. The van der Waals surface area contributed by atoms with E-state index in [0.29, 0.717) is 6.54 Å². The average molecular weight is 446 g/mol. The van der Waals surface area contributed by atoms with Crippen molar-refractivity contribution in [3.05, 3.63) is 57.5 Å². The molecule has 31 heavy (non-hydrogen) atoms. The van der Waals surface area contributed by atoms with E-state index >= 15 is 0 Å². The number of fused-ring (bicyclic) bond motifs is 1. The summed E-state index contributed by atoms with van der Waals surface area (Å²) in [6.07, 6.45) is 1.15. The molecule has 0 radical (unpaired) electrons. The van der Waals surface area contributed by atoms with Crippen molar-refractivity contribution >= 4 is 17.3 Å². The van der Waals surface area contributed by atoms with E-state index in [4.69, 9.17) is 4.74 Å². The van der Waals surface area contributed by atoms with E-state index in [0.717, 1.165) is 70.4 Å². The second kappa shape index (κ2) is 11.0. The summed E-state index contributed by atoms with van der Waals surface area (Å²) in [6, 6.07) is 9.22. The molecule has 2 aliphatic rings. The Hall–Kier alpha value is -2.00. The van der Waals surface area contributed by atoms with Gasteiger partial charge in [-0.25, -0.2) is 4.39 Å². The number of rotatable bonds is 7. The van der Waals surface area contributed by atoms with Crippen LogP contribution < -0.4 is 10.6 Å². The standard InChI is InChI=1S/C23H32FN5OS/c1-25-23(26-8-10-28-9-6-22-19(17-28)7-15-31-22)27-16-21(29-11-13-30-14-12-29)18-2-4-20(24)5-3-18/h2-5,7,15,21H,6,8-14,16-17H2,1H3,(H2,25,26,27). The molecule has 2 N–H and O–H groups in total. The highest BCUT2D eigenvalue weighted by atomic mass is 32.1. The molecule has 6 nitrogen and oxygen atoms in total. The molecule has 3 heterocycles. The Labute approximate surface area is 188 Å². The minimum absolute atomic E-state index is 0.141. The number of morpholine rings is 1. The topological polar surface area (TPSA) is 52.1 Å². The van der Waals surface area contributed by atoms with Gasteiger partial charge in [0.15, 0.2) is 5.96 Å². The molecule has 0 amide bonds. The summed E-state index contributed by atoms with van der Waals surface area (Å²) in [4.78, 5) is 10.8. The fourth-order valence-corrected chi connectivity index (χ4v) is 5.17. The van der Waals surface area contributed by atoms with Crippen LogP contribution >= 0.6 is 11.3 Å². The van der Waals surface area contributed by atoms with Crippen LogP contribution in [0, 0.1) is 5.82 Å². The molecule has 1 aromatic carbocycles. The maximum Gasteiger partial charge on any atom is 0.191 e. The lowest BCUT2D eigenvalue weighted by molar-refractivity contribution is 0.0170. The number of halogens is 1. The lowest BCUT2D eigenvalue weighted by Crippen LogP contribution is -2.47. The van der Waals surface area contributed by atoms with Crippen LogP contribution in [0.25, 0.3) is 0 Å². The van der Waals surface area contributed by atoms with Crippen LogP contribution in [0.4, 0.5) is 4.39 Å². The summed E-state index contributed by atoms with van der Waals surface area (Å²) >= 11 is 1.88. The van der Waals surface area contributed by atoms with E-state index in [-0.39, 0.29) is 11.9 Å². The van der Waals surface area contributed by atoms with Crippen LogP contribution in [0.15, 0.2) is 40.7 Å². The van der Waals surface area contributed by atoms with Gasteiger partial charge in [0.2, 0.25) is 0 Å². The van der Waals surface area contributed by atoms with Gasteiger partial charge in [0.05, 0.1) is 19.3 Å². The lowest BCUT2D eigenvalue weighted by atomic mass is 10.0. The number of nitrogens with zero attached hydrogens (tertiary/aromatic N) is 3. The molecule has 168 valence electrons. The number of aliphatic imine (C=N–C) groups is 1. The molecule has 2 aromatic rings. The van der Waals surface area contributed by atoms with Gasteiger partial charge in [0.25, 0.3) is 0 Å². The number of hydrogen-bond acceptors (Lipinski definition) is 5. The van der Waals surface area contributed by atoms with Crippen molar-refractivity contribution in [2.75, 3.05) is 59.5 Å². The minimum atomic E-state index is -0.206. The first-order chi connectivity index (χ1) is 15.2. The highest BCUT2D eigenvalue weighted by Gasteiger charge is 2.23. The second-order valence-corrected chi connectivity index (χ2v) is 8.99. The number of ether oxygens (including phenoxy) is 1. The minimum Gasteiger partial charge on any atom is -0.379 e. The molecule has 0 saturated carbocycles. The van der Waals surface area contributed by atoms with Gasteiger partial charge in [-0.05, 0) is 41.1 Å². The fraction of sp³-hybridized carbons (Fsp3) is 0.522. The highest BCUT2D eigenvalue weighted by molar-refractivity contribution is 7.10. The first-order valence-corrected chi connectivity index (χ1v) is 11.9. The van der Waals surface area contributed by atoms with Crippen molar-refractivity contribution < 1.29 is 9.13 Å².